The molecule has 0 aliphatic carbocycles. The van der Waals surface area contributed by atoms with Crippen molar-refractivity contribution in [3.8, 4) is 10.4 Å². The fourth-order valence-corrected chi connectivity index (χ4v) is 5.12. The van der Waals surface area contributed by atoms with Gasteiger partial charge in [0.25, 0.3) is 11.8 Å². The third-order valence-corrected chi connectivity index (χ3v) is 7.36. The molecule has 0 atom stereocenters. The maximum absolute atomic E-state index is 13.3. The molecular formula is C28H25N7O3S. The van der Waals surface area contributed by atoms with Crippen LogP contribution in [0.3, 0.4) is 0 Å². The second-order valence-electron chi connectivity index (χ2n) is 8.80. The van der Waals surface area contributed by atoms with Gasteiger partial charge in [-0.3, -0.25) is 24.7 Å². The van der Waals surface area contributed by atoms with E-state index in [1.54, 1.807) is 72.5 Å². The van der Waals surface area contributed by atoms with E-state index in [1.807, 2.05) is 18.2 Å². The van der Waals surface area contributed by atoms with Gasteiger partial charge in [0.05, 0.1) is 16.7 Å². The van der Waals surface area contributed by atoms with E-state index >= 15 is 0 Å². The first kappa shape index (κ1) is 25.6. The summed E-state index contributed by atoms with van der Waals surface area (Å²) >= 11 is 1.25. The number of benzene rings is 2. The van der Waals surface area contributed by atoms with E-state index in [1.165, 1.54) is 16.2 Å². The summed E-state index contributed by atoms with van der Waals surface area (Å²) in [6.07, 6.45) is 3.42. The molecule has 11 heteroatoms. The molecule has 3 amide bonds. The fraction of sp³-hybridized carbons (Fsp3) is 0.107. The number of nitrogens with two attached hydrogens (primary N) is 2. The van der Waals surface area contributed by atoms with Crippen LogP contribution in [0.15, 0.2) is 79.1 Å². The van der Waals surface area contributed by atoms with Gasteiger partial charge in [-0.1, -0.05) is 24.3 Å². The molecule has 0 fully saturated rings. The molecule has 5 rings (SSSR count). The number of primary amides is 1. The predicted octanol–water partition coefficient (Wildman–Crippen LogP) is 4.15. The molecule has 10 nitrogen and oxygen atoms in total. The molecule has 0 spiro atoms. The number of nitrogen functional groups attached to an aromatic ring is 1. The average molecular weight is 540 g/mol. The van der Waals surface area contributed by atoms with Crippen LogP contribution in [0.5, 0.6) is 0 Å². The van der Waals surface area contributed by atoms with Gasteiger partial charge < -0.3 is 20.9 Å². The number of thiophene rings is 1. The van der Waals surface area contributed by atoms with Crippen LogP contribution in [0.4, 0.5) is 17.3 Å². The van der Waals surface area contributed by atoms with Crippen molar-refractivity contribution in [3.05, 3.63) is 89.6 Å². The highest BCUT2D eigenvalue weighted by atomic mass is 32.1. The van der Waals surface area contributed by atoms with Crippen LogP contribution < -0.4 is 21.7 Å². The first-order valence-electron chi connectivity index (χ1n) is 12.0. The van der Waals surface area contributed by atoms with Crippen molar-refractivity contribution in [1.29, 1.82) is 0 Å². The van der Waals surface area contributed by atoms with Gasteiger partial charge in [-0.15, -0.1) is 11.3 Å². The summed E-state index contributed by atoms with van der Waals surface area (Å²) in [5.74, 6) is -0.849. The summed E-state index contributed by atoms with van der Waals surface area (Å²) in [4.78, 5) is 49.2. The van der Waals surface area contributed by atoms with E-state index < -0.39 is 11.8 Å². The highest BCUT2D eigenvalue weighted by Gasteiger charge is 2.21. The molecule has 5 aromatic rings. The Balaban J connectivity index is 1.47. The number of nitrogens with one attached hydrogen (secondary N) is 1. The number of anilines is 3. The van der Waals surface area contributed by atoms with Crippen molar-refractivity contribution >= 4 is 57.4 Å². The topological polar surface area (TPSA) is 149 Å². The number of imidazole rings is 1. The Hall–Kier alpha value is -5.03. The minimum absolute atomic E-state index is 0.0504. The number of fused-ring (bicyclic) bond motifs is 1. The van der Waals surface area contributed by atoms with Crippen molar-refractivity contribution in [2.24, 2.45) is 5.73 Å². The van der Waals surface area contributed by atoms with Gasteiger partial charge in [0, 0.05) is 54.1 Å². The lowest BCUT2D eigenvalue weighted by molar-refractivity contribution is -0.118. The summed E-state index contributed by atoms with van der Waals surface area (Å²) in [6.45, 7) is 0.209. The number of hydrogen-bond acceptors (Lipinski definition) is 7. The summed E-state index contributed by atoms with van der Waals surface area (Å²) in [5, 5.41) is 2.84. The molecule has 0 saturated heterocycles. The lowest BCUT2D eigenvalue weighted by atomic mass is 10.2. The largest absolute Gasteiger partial charge is 0.397 e. The minimum Gasteiger partial charge on any atom is -0.397 e. The third-order valence-electron chi connectivity index (χ3n) is 6.16. The Bertz CT molecular complexity index is 1680. The number of aromatic nitrogens is 3. The monoisotopic (exact) mass is 539 g/mol. The van der Waals surface area contributed by atoms with Gasteiger partial charge in [0.1, 0.15) is 4.88 Å². The van der Waals surface area contributed by atoms with Crippen LogP contribution in [0, 0.1) is 0 Å². The van der Waals surface area contributed by atoms with Gasteiger partial charge in [-0.2, -0.15) is 0 Å². The fourth-order valence-electron chi connectivity index (χ4n) is 4.15. The van der Waals surface area contributed by atoms with E-state index in [0.29, 0.717) is 32.8 Å². The number of pyridine rings is 1. The molecule has 0 saturated carbocycles. The second-order valence-corrected chi connectivity index (χ2v) is 9.85. The number of carbonyl (C=O) groups is 3. The van der Waals surface area contributed by atoms with Crippen molar-refractivity contribution < 1.29 is 14.4 Å². The molecule has 0 aliphatic rings. The average Bonchev–Trinajstić information content (AvgIpc) is 3.51. The molecule has 0 aliphatic heterocycles. The van der Waals surface area contributed by atoms with Crippen LogP contribution in [0.2, 0.25) is 0 Å². The maximum atomic E-state index is 13.3. The molecular weight excluding hydrogens is 514 g/mol. The number of nitrogens with zero attached hydrogens (tertiary/aromatic N) is 4. The van der Waals surface area contributed by atoms with Crippen LogP contribution in [-0.4, -0.2) is 39.3 Å². The maximum Gasteiger partial charge on any atom is 0.270 e. The summed E-state index contributed by atoms with van der Waals surface area (Å²) in [5.41, 5.74) is 15.1. The number of hydrogen-bond donors (Lipinski definition) is 3. The summed E-state index contributed by atoms with van der Waals surface area (Å²) in [6, 6.07) is 19.7. The molecule has 2 aromatic carbocycles. The lowest BCUT2D eigenvalue weighted by Gasteiger charge is -2.17. The molecule has 0 radical (unpaired) electrons. The molecule has 0 unspecified atom stereocenters. The van der Waals surface area contributed by atoms with Gasteiger partial charge in [0.2, 0.25) is 11.9 Å². The van der Waals surface area contributed by atoms with E-state index in [4.69, 9.17) is 11.5 Å². The Morgan fingerprint density at radius 2 is 1.85 bits per heavy atom. The quantitative estimate of drug-likeness (QED) is 0.270. The number of rotatable bonds is 8. The van der Waals surface area contributed by atoms with Gasteiger partial charge in [-0.05, 0) is 42.5 Å². The van der Waals surface area contributed by atoms with Gasteiger partial charge in [0.15, 0.2) is 0 Å². The highest BCUT2D eigenvalue weighted by Crippen LogP contribution is 2.34. The van der Waals surface area contributed by atoms with Crippen LogP contribution >= 0.6 is 11.3 Å². The first-order chi connectivity index (χ1) is 18.8. The van der Waals surface area contributed by atoms with Crippen molar-refractivity contribution in [3.63, 3.8) is 0 Å². The van der Waals surface area contributed by atoms with E-state index in [-0.39, 0.29) is 24.8 Å². The molecule has 196 valence electrons. The molecule has 39 heavy (non-hydrogen) atoms. The lowest BCUT2D eigenvalue weighted by Crippen LogP contribution is -2.26. The normalized spacial score (nSPS) is 10.9. The molecule has 3 heterocycles. The Morgan fingerprint density at radius 1 is 1.05 bits per heavy atom. The zero-order valence-electron chi connectivity index (χ0n) is 21.0. The highest BCUT2D eigenvalue weighted by molar-refractivity contribution is 7.18. The SMILES string of the molecule is CN(C(=O)c1ccccc1)c1ccc2c(c1)nc(NC(=O)c1sc(-c3cccnc3)cc1N)n2CCC(N)=O. The Kier molecular flexibility index (Phi) is 7.06. The zero-order valence-corrected chi connectivity index (χ0v) is 21.8. The minimum atomic E-state index is -0.484. The van der Waals surface area contributed by atoms with Crippen molar-refractivity contribution in [1.82, 2.24) is 14.5 Å². The van der Waals surface area contributed by atoms with Crippen LogP contribution in [0.25, 0.3) is 21.5 Å². The van der Waals surface area contributed by atoms with Crippen molar-refractivity contribution in [2.45, 2.75) is 13.0 Å². The molecule has 5 N–H and O–H groups in total. The van der Waals surface area contributed by atoms with Crippen molar-refractivity contribution in [2.75, 3.05) is 23.0 Å². The van der Waals surface area contributed by atoms with Crippen LogP contribution in [0.1, 0.15) is 26.5 Å². The number of carbonyl (C=O) groups excluding carboxylic acids is 3. The number of aryl methyl sites for hydroxylation is 1. The third kappa shape index (κ3) is 5.34. The summed E-state index contributed by atoms with van der Waals surface area (Å²) < 4.78 is 1.71. The molecule has 0 bridgehead atoms. The Labute approximate surface area is 227 Å². The predicted molar refractivity (Wildman–Crippen MR) is 153 cm³/mol. The standard InChI is InChI=1S/C28H25N7O3S/c1-34(27(38)17-6-3-2-4-7-17)19-9-10-22-21(14-19)32-28(35(22)13-11-24(30)36)33-26(37)25-20(29)15-23(39-25)18-8-5-12-31-16-18/h2-10,12,14-16H,11,13,29H2,1H3,(H2,30,36)(H,32,33,37). The first-order valence-corrected chi connectivity index (χ1v) is 12.9. The molecule has 3 aromatic heterocycles. The Morgan fingerprint density at radius 3 is 2.56 bits per heavy atom. The van der Waals surface area contributed by atoms with Gasteiger partial charge in [-0.25, -0.2) is 4.98 Å². The van der Waals surface area contributed by atoms with E-state index in [9.17, 15) is 14.4 Å². The second kappa shape index (κ2) is 10.8. The van der Waals surface area contributed by atoms with Gasteiger partial charge >= 0.3 is 0 Å². The van der Waals surface area contributed by atoms with E-state index in [0.717, 1.165) is 10.4 Å². The van der Waals surface area contributed by atoms with E-state index in [2.05, 4.69) is 15.3 Å². The smallest absolute Gasteiger partial charge is 0.270 e. The van der Waals surface area contributed by atoms with Crippen LogP contribution in [-0.2, 0) is 11.3 Å². The summed E-state index contributed by atoms with van der Waals surface area (Å²) in [7, 11) is 1.68. The number of amides is 3. The zero-order chi connectivity index (χ0) is 27.5.